The Morgan fingerprint density at radius 1 is 1.12 bits per heavy atom. The lowest BCUT2D eigenvalue weighted by Gasteiger charge is -2.28. The van der Waals surface area contributed by atoms with E-state index < -0.39 is 24.2 Å². The number of rotatable bonds is 10. The molecular weight excluding hydrogens is 628 g/mol. The molecule has 178 valence electrons. The fourth-order valence-electron chi connectivity index (χ4n) is 2.96. The minimum absolute atomic E-state index is 0.0838. The summed E-state index contributed by atoms with van der Waals surface area (Å²) in [5.41, 5.74) is 2.40. The number of amides is 2. The van der Waals surface area contributed by atoms with Crippen LogP contribution in [0.1, 0.15) is 31.4 Å². The molecule has 0 aromatic heterocycles. The quantitative estimate of drug-likeness (QED) is 0.138. The van der Waals surface area contributed by atoms with Crippen molar-refractivity contribution in [2.24, 2.45) is 0 Å². The predicted molar refractivity (Wildman–Crippen MR) is 134 cm³/mol. The standard InChI is InChI=1S/C22H23Br3N2O6/c1-2-32-18(5-3-4-6-19(28)27-31)21(16-11-14(24)12-17(25)20(16)29)33-22(30)26-15-9-7-13(23)8-10-15/h4,6-12,18,21,29,31H,2-3,5H2,1H3,(H,26,30)(H,27,28)/b6-4+/t18-,21-/m1/s1. The zero-order valence-electron chi connectivity index (χ0n) is 17.6. The first-order valence-corrected chi connectivity index (χ1v) is 12.3. The predicted octanol–water partition coefficient (Wildman–Crippen LogP) is 6.22. The van der Waals surface area contributed by atoms with E-state index in [0.29, 0.717) is 39.6 Å². The highest BCUT2D eigenvalue weighted by atomic mass is 79.9. The SMILES string of the molecule is CCO[C@H](CC/C=C/C(=O)NO)[C@H](OC(=O)Nc1ccc(Br)cc1)c1cc(Br)cc(Br)c1O. The molecule has 11 heteroatoms. The van der Waals surface area contributed by atoms with Crippen molar-refractivity contribution in [3.8, 4) is 5.75 Å². The van der Waals surface area contributed by atoms with E-state index >= 15 is 0 Å². The van der Waals surface area contributed by atoms with Crippen LogP contribution in [0.3, 0.4) is 0 Å². The summed E-state index contributed by atoms with van der Waals surface area (Å²) in [6.07, 6.45) is 1.18. The molecule has 2 aromatic rings. The van der Waals surface area contributed by atoms with Crippen LogP contribution in [0.15, 0.2) is 62.0 Å². The Labute approximate surface area is 216 Å². The van der Waals surface area contributed by atoms with Crippen LogP contribution in [0.4, 0.5) is 10.5 Å². The van der Waals surface area contributed by atoms with E-state index in [1.165, 1.54) is 11.6 Å². The van der Waals surface area contributed by atoms with Crippen molar-refractivity contribution in [1.82, 2.24) is 5.48 Å². The van der Waals surface area contributed by atoms with Gasteiger partial charge in [0.2, 0.25) is 0 Å². The number of hydrogen-bond donors (Lipinski definition) is 4. The van der Waals surface area contributed by atoms with Gasteiger partial charge in [-0.3, -0.25) is 15.3 Å². The molecule has 0 aliphatic carbocycles. The Kier molecular flexibility index (Phi) is 11.3. The van der Waals surface area contributed by atoms with Crippen molar-refractivity contribution in [1.29, 1.82) is 0 Å². The van der Waals surface area contributed by atoms with E-state index in [4.69, 9.17) is 14.7 Å². The summed E-state index contributed by atoms with van der Waals surface area (Å²) < 4.78 is 13.5. The summed E-state index contributed by atoms with van der Waals surface area (Å²) in [4.78, 5) is 23.9. The second kappa shape index (κ2) is 13.7. The van der Waals surface area contributed by atoms with E-state index in [1.807, 2.05) is 0 Å². The fraction of sp³-hybridized carbons (Fsp3) is 0.273. The number of allylic oxidation sites excluding steroid dienone is 1. The van der Waals surface area contributed by atoms with Crippen LogP contribution >= 0.6 is 47.8 Å². The Balaban J connectivity index is 2.31. The molecule has 8 nitrogen and oxygen atoms in total. The average Bonchev–Trinajstić information content (AvgIpc) is 2.78. The number of hydrogen-bond acceptors (Lipinski definition) is 6. The lowest BCUT2D eigenvalue weighted by molar-refractivity contribution is -0.124. The van der Waals surface area contributed by atoms with Gasteiger partial charge in [0, 0.05) is 32.9 Å². The third-order valence-electron chi connectivity index (χ3n) is 4.40. The summed E-state index contributed by atoms with van der Waals surface area (Å²) in [6, 6.07) is 10.3. The molecule has 0 aliphatic rings. The molecule has 0 radical (unpaired) electrons. The zero-order valence-corrected chi connectivity index (χ0v) is 22.3. The van der Waals surface area contributed by atoms with Gasteiger partial charge in [0.05, 0.1) is 10.6 Å². The lowest BCUT2D eigenvalue weighted by Crippen LogP contribution is -2.29. The van der Waals surface area contributed by atoms with E-state index in [9.17, 15) is 14.7 Å². The number of anilines is 1. The molecule has 2 aromatic carbocycles. The summed E-state index contributed by atoms with van der Waals surface area (Å²) in [5.74, 6) is -0.738. The van der Waals surface area contributed by atoms with Crippen molar-refractivity contribution in [2.75, 3.05) is 11.9 Å². The molecule has 0 heterocycles. The molecule has 0 bridgehead atoms. The molecule has 4 N–H and O–H groups in total. The number of nitrogens with one attached hydrogen (secondary N) is 2. The highest BCUT2D eigenvalue weighted by Crippen LogP contribution is 2.39. The van der Waals surface area contributed by atoms with Gasteiger partial charge < -0.3 is 14.6 Å². The van der Waals surface area contributed by atoms with E-state index in [1.54, 1.807) is 49.4 Å². The number of aromatic hydroxyl groups is 1. The molecule has 2 atom stereocenters. The maximum Gasteiger partial charge on any atom is 0.412 e. The van der Waals surface area contributed by atoms with Gasteiger partial charge >= 0.3 is 6.09 Å². The smallest absolute Gasteiger partial charge is 0.412 e. The maximum atomic E-state index is 12.7. The van der Waals surface area contributed by atoms with Crippen molar-refractivity contribution in [2.45, 2.75) is 32.0 Å². The van der Waals surface area contributed by atoms with Gasteiger partial charge in [-0.2, -0.15) is 0 Å². The van der Waals surface area contributed by atoms with Gasteiger partial charge in [0.15, 0.2) is 6.10 Å². The molecule has 0 unspecified atom stereocenters. The van der Waals surface area contributed by atoms with Gasteiger partial charge in [0.1, 0.15) is 5.75 Å². The van der Waals surface area contributed by atoms with Crippen LogP contribution in [-0.4, -0.2) is 35.0 Å². The van der Waals surface area contributed by atoms with Crippen LogP contribution in [0.5, 0.6) is 5.75 Å². The van der Waals surface area contributed by atoms with E-state index in [0.717, 1.165) is 4.47 Å². The summed E-state index contributed by atoms with van der Waals surface area (Å²) in [6.45, 7) is 2.13. The number of phenols is 1. The molecular formula is C22H23Br3N2O6. The third kappa shape index (κ3) is 8.74. The largest absolute Gasteiger partial charge is 0.506 e. The first-order valence-electron chi connectivity index (χ1n) is 9.88. The van der Waals surface area contributed by atoms with Gasteiger partial charge in [-0.1, -0.05) is 37.9 Å². The highest BCUT2D eigenvalue weighted by molar-refractivity contribution is 9.11. The summed E-state index contributed by atoms with van der Waals surface area (Å²) >= 11 is 10.0. The number of carbonyl (C=O) groups excluding carboxylic acids is 2. The Bertz CT molecular complexity index is 985. The molecule has 33 heavy (non-hydrogen) atoms. The molecule has 0 aliphatic heterocycles. The average molecular weight is 651 g/mol. The number of carbonyl (C=O) groups is 2. The maximum absolute atomic E-state index is 12.7. The number of hydroxylamine groups is 1. The fourth-order valence-corrected chi connectivity index (χ4v) is 4.49. The minimum atomic E-state index is -0.964. The molecule has 0 saturated carbocycles. The first kappa shape index (κ1) is 27.3. The van der Waals surface area contributed by atoms with Crippen molar-refractivity contribution >= 4 is 65.5 Å². The van der Waals surface area contributed by atoms with Crippen molar-refractivity contribution in [3.05, 3.63) is 67.5 Å². The molecule has 2 rings (SSSR count). The van der Waals surface area contributed by atoms with E-state index in [-0.39, 0.29) is 5.75 Å². The second-order valence-electron chi connectivity index (χ2n) is 6.73. The van der Waals surface area contributed by atoms with Crippen LogP contribution in [0, 0.1) is 0 Å². The van der Waals surface area contributed by atoms with Crippen LogP contribution in [0.2, 0.25) is 0 Å². The number of halogens is 3. The number of benzene rings is 2. The Morgan fingerprint density at radius 2 is 1.82 bits per heavy atom. The summed E-state index contributed by atoms with van der Waals surface area (Å²) in [5, 5.41) is 22.0. The monoisotopic (exact) mass is 648 g/mol. The van der Waals surface area contributed by atoms with Gasteiger partial charge in [-0.05, 0) is 72.1 Å². The first-order chi connectivity index (χ1) is 15.7. The molecule has 2 amide bonds. The van der Waals surface area contributed by atoms with Gasteiger partial charge in [-0.15, -0.1) is 0 Å². The van der Waals surface area contributed by atoms with Crippen molar-refractivity contribution in [3.63, 3.8) is 0 Å². The normalized spacial score (nSPS) is 12.9. The second-order valence-corrected chi connectivity index (χ2v) is 9.42. The number of ether oxygens (including phenoxy) is 2. The van der Waals surface area contributed by atoms with E-state index in [2.05, 4.69) is 53.1 Å². The lowest BCUT2D eigenvalue weighted by atomic mass is 9.99. The van der Waals surface area contributed by atoms with Crippen LogP contribution in [-0.2, 0) is 14.3 Å². The zero-order chi connectivity index (χ0) is 24.4. The third-order valence-corrected chi connectivity index (χ3v) is 6.00. The Morgan fingerprint density at radius 3 is 2.45 bits per heavy atom. The molecule has 0 fully saturated rings. The van der Waals surface area contributed by atoms with Crippen molar-refractivity contribution < 1.29 is 29.4 Å². The van der Waals surface area contributed by atoms with Gasteiger partial charge in [-0.25, -0.2) is 10.3 Å². The minimum Gasteiger partial charge on any atom is -0.506 e. The molecule has 0 saturated heterocycles. The molecule has 0 spiro atoms. The number of phenolic OH excluding ortho intramolecular Hbond substituents is 1. The Hall–Kier alpha value is -1.92. The van der Waals surface area contributed by atoms with Crippen LogP contribution < -0.4 is 10.8 Å². The highest BCUT2D eigenvalue weighted by Gasteiger charge is 2.31. The van der Waals surface area contributed by atoms with Gasteiger partial charge in [0.25, 0.3) is 5.91 Å². The van der Waals surface area contributed by atoms with Crippen LogP contribution in [0.25, 0.3) is 0 Å². The summed E-state index contributed by atoms with van der Waals surface area (Å²) in [7, 11) is 0. The topological polar surface area (TPSA) is 117 Å².